The van der Waals surface area contributed by atoms with E-state index >= 15 is 0 Å². The molecule has 0 heterocycles. The second-order valence-electron chi connectivity index (χ2n) is 10.7. The van der Waals surface area contributed by atoms with Gasteiger partial charge in [-0.2, -0.15) is 0 Å². The smallest absolute Gasteiger partial charge is 0.408 e. The van der Waals surface area contributed by atoms with Gasteiger partial charge in [-0.15, -0.1) is 0 Å². The van der Waals surface area contributed by atoms with Crippen molar-refractivity contribution in [3.8, 4) is 11.5 Å². The maximum atomic E-state index is 12.5. The average Bonchev–Trinajstić information content (AvgIpc) is 2.69. The van der Waals surface area contributed by atoms with Crippen molar-refractivity contribution < 1.29 is 28.6 Å². The number of hydrogen-bond donors (Lipinski definition) is 2. The van der Waals surface area contributed by atoms with E-state index in [0.717, 1.165) is 0 Å². The van der Waals surface area contributed by atoms with Crippen molar-refractivity contribution in [2.45, 2.75) is 77.4 Å². The number of carbonyl (C=O) groups is 2. The molecule has 186 valence electrons. The number of benzene rings is 2. The zero-order chi connectivity index (χ0) is 25.7. The summed E-state index contributed by atoms with van der Waals surface area (Å²) in [5, 5.41) is 12.4. The van der Waals surface area contributed by atoms with Gasteiger partial charge in [0.05, 0.1) is 0 Å². The Morgan fingerprint density at radius 3 is 2.03 bits per heavy atom. The van der Waals surface area contributed by atoms with Gasteiger partial charge in [-0.25, -0.2) is 9.59 Å². The Hall–Kier alpha value is -2.84. The number of amides is 1. The Bertz CT molecular complexity index is 979. The highest BCUT2D eigenvalue weighted by Crippen LogP contribution is 2.41. The quantitative estimate of drug-likeness (QED) is 0.412. The fraction of sp³-hybridized carbons (Fsp3) is 0.462. The number of nitrogens with one attached hydrogen (secondary N) is 1. The Kier molecular flexibility index (Phi) is 8.55. The third-order valence-electron chi connectivity index (χ3n) is 5.63. The van der Waals surface area contributed by atoms with Gasteiger partial charge in [-0.05, 0) is 68.7 Å². The molecule has 0 spiro atoms. The Morgan fingerprint density at radius 1 is 0.912 bits per heavy atom. The van der Waals surface area contributed by atoms with E-state index in [1.54, 1.807) is 45.0 Å². The minimum Gasteiger partial charge on any atom is -0.480 e. The molecular weight excluding hydrogens is 450 g/mol. The Labute approximate surface area is 203 Å². The number of carbonyl (C=O) groups excluding carboxylic acids is 1. The number of hydrogen-bond acceptors (Lipinski definition) is 5. The van der Waals surface area contributed by atoms with Crippen LogP contribution in [0.1, 0.15) is 53.2 Å². The number of rotatable bonds is 8. The van der Waals surface area contributed by atoms with Gasteiger partial charge in [-0.1, -0.05) is 51.1 Å². The molecule has 2 atom stereocenters. The van der Waals surface area contributed by atoms with E-state index in [4.69, 9.17) is 13.9 Å². The summed E-state index contributed by atoms with van der Waals surface area (Å²) in [6.07, 6.45) is -1.77. The number of carboxylic acids is 1. The molecule has 2 N–H and O–H groups in total. The summed E-state index contributed by atoms with van der Waals surface area (Å²) >= 11 is 0. The maximum absolute atomic E-state index is 12.5. The van der Waals surface area contributed by atoms with Crippen LogP contribution < -0.4 is 10.1 Å². The zero-order valence-electron chi connectivity index (χ0n) is 21.3. The van der Waals surface area contributed by atoms with Gasteiger partial charge in [0.25, 0.3) is 0 Å². The van der Waals surface area contributed by atoms with Crippen molar-refractivity contribution in [1.82, 2.24) is 5.32 Å². The van der Waals surface area contributed by atoms with E-state index in [9.17, 15) is 14.7 Å². The van der Waals surface area contributed by atoms with Gasteiger partial charge in [0.15, 0.2) is 14.4 Å². The Balaban J connectivity index is 2.47. The third kappa shape index (κ3) is 7.88. The molecule has 0 aliphatic heterocycles. The molecule has 2 aromatic rings. The van der Waals surface area contributed by atoms with Crippen LogP contribution in [0.25, 0.3) is 0 Å². The molecular formula is C26H37NO6Si. The number of aliphatic carboxylic acids is 1. The molecule has 0 fully saturated rings. The molecule has 7 nitrogen and oxygen atoms in total. The van der Waals surface area contributed by atoms with E-state index in [0.29, 0.717) is 17.1 Å². The standard InChI is InChI=1S/C26H37NO6Si/c1-25(2,3)32-24(30)27-21(23(28)29)22(33-34(7,8)26(4,5)6)18-13-12-16-20(17-18)31-19-14-10-9-11-15-19/h9-17,21-22H,1-8H3,(H,27,30)(H,28,29)/t21-,22+/m0/s1. The summed E-state index contributed by atoms with van der Waals surface area (Å²) in [7, 11) is -2.45. The third-order valence-corrected chi connectivity index (χ3v) is 10.1. The van der Waals surface area contributed by atoms with E-state index < -0.39 is 38.1 Å². The number of ether oxygens (including phenoxy) is 2. The first-order valence-electron chi connectivity index (χ1n) is 11.3. The SMILES string of the molecule is CC(C)(C)OC(=O)N[C@H](C(=O)O)[C@H](O[Si](C)(C)C(C)(C)C)c1cccc(Oc2ccccc2)c1. The molecule has 2 aromatic carbocycles. The van der Waals surface area contributed by atoms with Crippen LogP contribution in [-0.2, 0) is 14.0 Å². The molecule has 8 heteroatoms. The molecule has 0 saturated carbocycles. The lowest BCUT2D eigenvalue weighted by atomic mass is 10.0. The fourth-order valence-electron chi connectivity index (χ4n) is 2.90. The lowest BCUT2D eigenvalue weighted by Gasteiger charge is -2.41. The van der Waals surface area contributed by atoms with Gasteiger partial charge in [0, 0.05) is 0 Å². The second-order valence-corrected chi connectivity index (χ2v) is 15.5. The highest BCUT2D eigenvalue weighted by Gasteiger charge is 2.43. The van der Waals surface area contributed by atoms with Crippen molar-refractivity contribution in [3.63, 3.8) is 0 Å². The first-order valence-corrected chi connectivity index (χ1v) is 14.2. The summed E-state index contributed by atoms with van der Waals surface area (Å²) in [6.45, 7) is 15.4. The van der Waals surface area contributed by atoms with Gasteiger partial charge < -0.3 is 24.3 Å². The highest BCUT2D eigenvalue weighted by atomic mass is 28.4. The fourth-order valence-corrected chi connectivity index (χ4v) is 4.16. The average molecular weight is 488 g/mol. The minimum atomic E-state index is -2.45. The summed E-state index contributed by atoms with van der Waals surface area (Å²) in [6, 6.07) is 15.0. The molecule has 1 amide bonds. The van der Waals surface area contributed by atoms with Crippen LogP contribution in [0.2, 0.25) is 18.1 Å². The number of alkyl carbamates (subject to hydrolysis) is 1. The predicted octanol–water partition coefficient (Wildman–Crippen LogP) is 6.52. The number of carboxylic acid groups (broad SMARTS) is 1. The normalized spacial score (nSPS) is 14.1. The Morgan fingerprint density at radius 2 is 1.50 bits per heavy atom. The molecule has 0 unspecified atom stereocenters. The lowest BCUT2D eigenvalue weighted by molar-refractivity contribution is -0.142. The predicted molar refractivity (Wildman–Crippen MR) is 135 cm³/mol. The van der Waals surface area contributed by atoms with Crippen molar-refractivity contribution in [1.29, 1.82) is 0 Å². The first-order chi connectivity index (χ1) is 15.6. The maximum Gasteiger partial charge on any atom is 0.408 e. The van der Waals surface area contributed by atoms with Crippen LogP contribution in [-0.4, -0.2) is 37.1 Å². The second kappa shape index (κ2) is 10.6. The van der Waals surface area contributed by atoms with Crippen LogP contribution in [0.4, 0.5) is 4.79 Å². The van der Waals surface area contributed by atoms with Crippen LogP contribution in [0, 0.1) is 0 Å². The molecule has 34 heavy (non-hydrogen) atoms. The summed E-state index contributed by atoms with van der Waals surface area (Å²) < 4.78 is 17.9. The molecule has 0 bridgehead atoms. The number of para-hydroxylation sites is 1. The lowest BCUT2D eigenvalue weighted by Crippen LogP contribution is -2.51. The summed E-state index contributed by atoms with van der Waals surface area (Å²) in [5.41, 5.74) is -0.187. The highest BCUT2D eigenvalue weighted by molar-refractivity contribution is 6.74. The molecule has 0 aromatic heterocycles. The monoisotopic (exact) mass is 487 g/mol. The zero-order valence-corrected chi connectivity index (χ0v) is 22.3. The van der Waals surface area contributed by atoms with Crippen LogP contribution in [0.5, 0.6) is 11.5 Å². The molecule has 2 rings (SSSR count). The van der Waals surface area contributed by atoms with Gasteiger partial charge >= 0.3 is 12.1 Å². The van der Waals surface area contributed by atoms with E-state index in [1.807, 2.05) is 43.4 Å². The van der Waals surface area contributed by atoms with Crippen molar-refractivity contribution >= 4 is 20.4 Å². The minimum absolute atomic E-state index is 0.182. The van der Waals surface area contributed by atoms with Crippen LogP contribution in [0.15, 0.2) is 54.6 Å². The van der Waals surface area contributed by atoms with E-state index in [1.165, 1.54) is 0 Å². The molecule has 0 saturated heterocycles. The molecule has 0 radical (unpaired) electrons. The van der Waals surface area contributed by atoms with Crippen LogP contribution in [0.3, 0.4) is 0 Å². The largest absolute Gasteiger partial charge is 0.480 e. The molecule has 0 aliphatic rings. The topological polar surface area (TPSA) is 94.1 Å². The van der Waals surface area contributed by atoms with E-state index in [2.05, 4.69) is 26.1 Å². The van der Waals surface area contributed by atoms with Crippen LogP contribution >= 0.6 is 0 Å². The summed E-state index contributed by atoms with van der Waals surface area (Å²) in [5.74, 6) is -0.0268. The van der Waals surface area contributed by atoms with Crippen molar-refractivity contribution in [3.05, 3.63) is 60.2 Å². The van der Waals surface area contributed by atoms with Gasteiger partial charge in [0.1, 0.15) is 23.2 Å². The summed E-state index contributed by atoms with van der Waals surface area (Å²) in [4.78, 5) is 24.9. The molecule has 0 aliphatic carbocycles. The van der Waals surface area contributed by atoms with Gasteiger partial charge in [-0.3, -0.25) is 0 Å². The van der Waals surface area contributed by atoms with Crippen molar-refractivity contribution in [2.24, 2.45) is 0 Å². The first kappa shape index (κ1) is 27.4. The van der Waals surface area contributed by atoms with Gasteiger partial charge in [0.2, 0.25) is 0 Å². The van der Waals surface area contributed by atoms with Crippen molar-refractivity contribution in [2.75, 3.05) is 0 Å². The van der Waals surface area contributed by atoms with E-state index in [-0.39, 0.29) is 5.04 Å².